The van der Waals surface area contributed by atoms with Gasteiger partial charge in [-0.2, -0.15) is 0 Å². The van der Waals surface area contributed by atoms with Crippen LogP contribution < -0.4 is 10.1 Å². The predicted octanol–water partition coefficient (Wildman–Crippen LogP) is 4.46. The number of piperidine rings is 1. The summed E-state index contributed by atoms with van der Waals surface area (Å²) in [6.07, 6.45) is 1.60. The number of rotatable bonds is 6. The third-order valence-corrected chi connectivity index (χ3v) is 5.30. The standard InChI is InChI=1S/C23H30N2O3/c1-17-9-10-22(27-3)21(15-17)18(2)24-20-11-13-25(14-12-20)23(26)28-16-19-7-5-4-6-8-19/h4-10,15,18,20,24H,11-14,16H2,1-3H3. The summed E-state index contributed by atoms with van der Waals surface area (Å²) < 4.78 is 11.0. The maximum atomic E-state index is 12.3. The molecule has 0 aromatic heterocycles. The lowest BCUT2D eigenvalue weighted by Gasteiger charge is -2.33. The number of amides is 1. The molecule has 1 saturated heterocycles. The lowest BCUT2D eigenvalue weighted by atomic mass is 10.00. The summed E-state index contributed by atoms with van der Waals surface area (Å²) in [6.45, 7) is 6.00. The zero-order valence-corrected chi connectivity index (χ0v) is 17.0. The van der Waals surface area contributed by atoms with Crippen LogP contribution in [0.5, 0.6) is 5.75 Å². The van der Waals surface area contributed by atoms with Gasteiger partial charge in [-0.3, -0.25) is 0 Å². The fourth-order valence-corrected chi connectivity index (χ4v) is 3.67. The normalized spacial score (nSPS) is 15.9. The Balaban J connectivity index is 1.47. The molecule has 2 aromatic carbocycles. The van der Waals surface area contributed by atoms with Gasteiger partial charge in [0.05, 0.1) is 7.11 Å². The van der Waals surface area contributed by atoms with Crippen molar-refractivity contribution in [3.63, 3.8) is 0 Å². The van der Waals surface area contributed by atoms with Gasteiger partial charge in [0.15, 0.2) is 0 Å². The highest BCUT2D eigenvalue weighted by molar-refractivity contribution is 5.67. The van der Waals surface area contributed by atoms with Crippen molar-refractivity contribution in [3.8, 4) is 5.75 Å². The molecule has 5 heteroatoms. The summed E-state index contributed by atoms with van der Waals surface area (Å²) in [5.41, 5.74) is 3.40. The number of carbonyl (C=O) groups is 1. The van der Waals surface area contributed by atoms with Crippen LogP contribution >= 0.6 is 0 Å². The van der Waals surface area contributed by atoms with Gasteiger partial charge < -0.3 is 19.7 Å². The summed E-state index contributed by atoms with van der Waals surface area (Å²) in [5.74, 6) is 0.910. The van der Waals surface area contributed by atoms with E-state index in [1.807, 2.05) is 36.4 Å². The number of likely N-dealkylation sites (tertiary alicyclic amines) is 1. The van der Waals surface area contributed by atoms with E-state index in [1.54, 1.807) is 12.0 Å². The number of nitrogens with one attached hydrogen (secondary N) is 1. The van der Waals surface area contributed by atoms with E-state index >= 15 is 0 Å². The Bertz CT molecular complexity index is 771. The second-order valence-corrected chi connectivity index (χ2v) is 7.44. The van der Waals surface area contributed by atoms with Crippen molar-refractivity contribution in [2.75, 3.05) is 20.2 Å². The van der Waals surface area contributed by atoms with E-state index in [2.05, 4.69) is 31.3 Å². The van der Waals surface area contributed by atoms with Crippen molar-refractivity contribution in [1.82, 2.24) is 10.2 Å². The van der Waals surface area contributed by atoms with E-state index in [0.717, 1.165) is 24.2 Å². The molecule has 1 amide bonds. The van der Waals surface area contributed by atoms with E-state index in [0.29, 0.717) is 25.7 Å². The number of benzene rings is 2. The van der Waals surface area contributed by atoms with Crippen LogP contribution in [0.1, 0.15) is 42.5 Å². The number of ether oxygens (including phenoxy) is 2. The molecule has 1 atom stereocenters. The highest BCUT2D eigenvalue weighted by Crippen LogP contribution is 2.27. The lowest BCUT2D eigenvalue weighted by Crippen LogP contribution is -2.45. The molecule has 0 radical (unpaired) electrons. The number of hydrogen-bond donors (Lipinski definition) is 1. The highest BCUT2D eigenvalue weighted by atomic mass is 16.6. The average molecular weight is 383 g/mol. The molecule has 5 nitrogen and oxygen atoms in total. The van der Waals surface area contributed by atoms with Gasteiger partial charge in [-0.25, -0.2) is 4.79 Å². The van der Waals surface area contributed by atoms with Crippen LogP contribution in [0.2, 0.25) is 0 Å². The van der Waals surface area contributed by atoms with Crippen molar-refractivity contribution >= 4 is 6.09 Å². The minimum Gasteiger partial charge on any atom is -0.496 e. The zero-order valence-electron chi connectivity index (χ0n) is 17.0. The average Bonchev–Trinajstić information content (AvgIpc) is 2.73. The Morgan fingerprint density at radius 2 is 1.89 bits per heavy atom. The molecule has 150 valence electrons. The van der Waals surface area contributed by atoms with E-state index in [4.69, 9.17) is 9.47 Å². The second kappa shape index (κ2) is 9.60. The zero-order chi connectivity index (χ0) is 19.9. The maximum Gasteiger partial charge on any atom is 0.410 e. The molecule has 1 aliphatic heterocycles. The van der Waals surface area contributed by atoms with Crippen molar-refractivity contribution in [3.05, 3.63) is 65.2 Å². The van der Waals surface area contributed by atoms with Gasteiger partial charge in [-0.1, -0.05) is 48.0 Å². The molecule has 1 N–H and O–H groups in total. The molecule has 1 fully saturated rings. The molecular formula is C23H30N2O3. The molecule has 28 heavy (non-hydrogen) atoms. The molecule has 1 aliphatic rings. The summed E-state index contributed by atoms with van der Waals surface area (Å²) in [6, 6.07) is 16.6. The number of carbonyl (C=O) groups excluding carboxylic acids is 1. The molecule has 3 rings (SSSR count). The smallest absolute Gasteiger partial charge is 0.410 e. The molecule has 2 aromatic rings. The first-order valence-corrected chi connectivity index (χ1v) is 9.93. The quantitative estimate of drug-likeness (QED) is 0.802. The Morgan fingerprint density at radius 3 is 2.57 bits per heavy atom. The van der Waals surface area contributed by atoms with Crippen LogP contribution in [0.3, 0.4) is 0 Å². The molecule has 1 unspecified atom stereocenters. The Kier molecular flexibility index (Phi) is 6.93. The van der Waals surface area contributed by atoms with Gasteiger partial charge in [0.25, 0.3) is 0 Å². The van der Waals surface area contributed by atoms with Crippen LogP contribution in [0, 0.1) is 6.92 Å². The molecule has 0 bridgehead atoms. The molecule has 0 saturated carbocycles. The summed E-state index contributed by atoms with van der Waals surface area (Å²) >= 11 is 0. The van der Waals surface area contributed by atoms with E-state index in [-0.39, 0.29) is 12.1 Å². The molecule has 0 aliphatic carbocycles. The van der Waals surface area contributed by atoms with Crippen LogP contribution in [0.4, 0.5) is 4.79 Å². The molecule has 0 spiro atoms. The monoisotopic (exact) mass is 382 g/mol. The molecular weight excluding hydrogens is 352 g/mol. The Hall–Kier alpha value is -2.53. The third-order valence-electron chi connectivity index (χ3n) is 5.30. The number of methoxy groups -OCH3 is 1. The first-order chi connectivity index (χ1) is 13.6. The van der Waals surface area contributed by atoms with Crippen molar-refractivity contribution in [1.29, 1.82) is 0 Å². The first kappa shape index (κ1) is 20.2. The fraction of sp³-hybridized carbons (Fsp3) is 0.435. The number of hydrogen-bond acceptors (Lipinski definition) is 4. The summed E-state index contributed by atoms with van der Waals surface area (Å²) in [7, 11) is 1.71. The third kappa shape index (κ3) is 5.26. The number of nitrogens with zero attached hydrogens (tertiary/aromatic N) is 1. The van der Waals surface area contributed by atoms with Gasteiger partial charge in [-0.05, 0) is 38.3 Å². The van der Waals surface area contributed by atoms with Gasteiger partial charge >= 0.3 is 6.09 Å². The topological polar surface area (TPSA) is 50.8 Å². The van der Waals surface area contributed by atoms with E-state index in [9.17, 15) is 4.79 Å². The first-order valence-electron chi connectivity index (χ1n) is 9.93. The largest absolute Gasteiger partial charge is 0.496 e. The van der Waals surface area contributed by atoms with Crippen LogP contribution in [-0.4, -0.2) is 37.2 Å². The van der Waals surface area contributed by atoms with Crippen LogP contribution in [-0.2, 0) is 11.3 Å². The van der Waals surface area contributed by atoms with Crippen molar-refractivity contribution < 1.29 is 14.3 Å². The summed E-state index contributed by atoms with van der Waals surface area (Å²) in [5, 5.41) is 3.70. The van der Waals surface area contributed by atoms with Crippen molar-refractivity contribution in [2.45, 2.75) is 45.4 Å². The lowest BCUT2D eigenvalue weighted by molar-refractivity contribution is 0.0846. The minimum atomic E-state index is -0.226. The molecule has 1 heterocycles. The van der Waals surface area contributed by atoms with E-state index < -0.39 is 0 Å². The highest BCUT2D eigenvalue weighted by Gasteiger charge is 2.25. The van der Waals surface area contributed by atoms with Gasteiger partial charge in [0, 0.05) is 30.7 Å². The van der Waals surface area contributed by atoms with Gasteiger partial charge in [-0.15, -0.1) is 0 Å². The van der Waals surface area contributed by atoms with Gasteiger partial charge in [0.2, 0.25) is 0 Å². The predicted molar refractivity (Wildman–Crippen MR) is 111 cm³/mol. The van der Waals surface area contributed by atoms with E-state index in [1.165, 1.54) is 11.1 Å². The van der Waals surface area contributed by atoms with Gasteiger partial charge in [0.1, 0.15) is 12.4 Å². The van der Waals surface area contributed by atoms with Crippen molar-refractivity contribution in [2.24, 2.45) is 0 Å². The SMILES string of the molecule is COc1ccc(C)cc1C(C)NC1CCN(C(=O)OCc2ccccc2)CC1. The second-order valence-electron chi connectivity index (χ2n) is 7.44. The Morgan fingerprint density at radius 1 is 1.18 bits per heavy atom. The fourth-order valence-electron chi connectivity index (χ4n) is 3.67. The Labute approximate surface area is 167 Å². The maximum absolute atomic E-state index is 12.3. The summed E-state index contributed by atoms with van der Waals surface area (Å²) in [4.78, 5) is 14.1. The minimum absolute atomic E-state index is 0.191. The van der Waals surface area contributed by atoms with Crippen LogP contribution in [0.15, 0.2) is 48.5 Å². The van der Waals surface area contributed by atoms with Crippen LogP contribution in [0.25, 0.3) is 0 Å². The number of aryl methyl sites for hydroxylation is 1.